The molecule has 0 atom stereocenters. The number of nitrogens with zero attached hydrogens (tertiary/aromatic N) is 2. The smallest absolute Gasteiger partial charge is 0.251 e. The van der Waals surface area contributed by atoms with E-state index in [1.807, 2.05) is 18.2 Å². The molecule has 10 heteroatoms. The van der Waals surface area contributed by atoms with Gasteiger partial charge in [-0.05, 0) is 42.5 Å². The molecule has 4 rings (SSSR count). The van der Waals surface area contributed by atoms with Gasteiger partial charge >= 0.3 is 0 Å². The summed E-state index contributed by atoms with van der Waals surface area (Å²) in [6, 6.07) is 13.1. The van der Waals surface area contributed by atoms with Gasteiger partial charge in [0.1, 0.15) is 18.9 Å². The zero-order chi connectivity index (χ0) is 23.4. The number of sulfonamides is 1. The largest absolute Gasteiger partial charge is 0.486 e. The number of fused-ring (bicyclic) bond motifs is 1. The molecule has 2 aromatic carbocycles. The monoisotopic (exact) mass is 471 g/mol. The Morgan fingerprint density at radius 3 is 2.39 bits per heavy atom. The lowest BCUT2D eigenvalue weighted by Crippen LogP contribution is -2.30. The number of amides is 1. The summed E-state index contributed by atoms with van der Waals surface area (Å²) >= 11 is 0. The summed E-state index contributed by atoms with van der Waals surface area (Å²) in [5, 5.41) is 6.78. The van der Waals surface area contributed by atoms with Crippen molar-refractivity contribution in [2.75, 3.05) is 26.3 Å². The Hall–Kier alpha value is -3.37. The Morgan fingerprint density at radius 1 is 1.00 bits per heavy atom. The van der Waals surface area contributed by atoms with Gasteiger partial charge in [0.2, 0.25) is 10.0 Å². The van der Waals surface area contributed by atoms with E-state index in [2.05, 4.69) is 10.5 Å². The van der Waals surface area contributed by atoms with Gasteiger partial charge in [0.25, 0.3) is 5.91 Å². The van der Waals surface area contributed by atoms with Gasteiger partial charge in [-0.25, -0.2) is 8.42 Å². The normalized spacial score (nSPS) is 13.2. The second-order valence-corrected chi connectivity index (χ2v) is 9.28. The van der Waals surface area contributed by atoms with Crippen LogP contribution in [0.4, 0.5) is 0 Å². The summed E-state index contributed by atoms with van der Waals surface area (Å²) in [5.41, 5.74) is 1.69. The van der Waals surface area contributed by atoms with Crippen molar-refractivity contribution in [3.8, 4) is 22.8 Å². The van der Waals surface area contributed by atoms with Gasteiger partial charge in [0.15, 0.2) is 17.3 Å². The number of carbonyl (C=O) groups excluding carboxylic acids is 1. The van der Waals surface area contributed by atoms with Crippen molar-refractivity contribution < 1.29 is 27.2 Å². The van der Waals surface area contributed by atoms with E-state index in [1.54, 1.807) is 19.9 Å². The molecule has 174 valence electrons. The average Bonchev–Trinajstić information content (AvgIpc) is 3.32. The first-order valence-corrected chi connectivity index (χ1v) is 12.1. The van der Waals surface area contributed by atoms with Crippen LogP contribution < -0.4 is 14.8 Å². The minimum absolute atomic E-state index is 0.156. The minimum Gasteiger partial charge on any atom is -0.486 e. The number of hydrogen-bond donors (Lipinski definition) is 1. The molecule has 0 bridgehead atoms. The van der Waals surface area contributed by atoms with Crippen LogP contribution in [0.15, 0.2) is 57.9 Å². The predicted octanol–water partition coefficient (Wildman–Crippen LogP) is 3.07. The van der Waals surface area contributed by atoms with Gasteiger partial charge in [-0.3, -0.25) is 4.79 Å². The van der Waals surface area contributed by atoms with Crippen molar-refractivity contribution in [1.29, 1.82) is 0 Å². The zero-order valence-corrected chi connectivity index (χ0v) is 19.2. The highest BCUT2D eigenvalue weighted by Crippen LogP contribution is 2.34. The highest BCUT2D eigenvalue weighted by atomic mass is 32.2. The van der Waals surface area contributed by atoms with Gasteiger partial charge < -0.3 is 19.3 Å². The number of nitrogens with one attached hydrogen (secondary N) is 1. The SMILES string of the molecule is CCN(CC)S(=O)(=O)c1ccc(C(=O)NCc2cc(-c3ccc4c(c3)OCCO4)on2)cc1. The van der Waals surface area contributed by atoms with Crippen molar-refractivity contribution in [3.05, 3.63) is 59.8 Å². The van der Waals surface area contributed by atoms with E-state index in [0.29, 0.717) is 54.8 Å². The summed E-state index contributed by atoms with van der Waals surface area (Å²) in [6.45, 7) is 5.50. The molecule has 0 fully saturated rings. The van der Waals surface area contributed by atoms with E-state index in [9.17, 15) is 13.2 Å². The molecule has 0 radical (unpaired) electrons. The molecule has 3 aromatic rings. The van der Waals surface area contributed by atoms with Gasteiger partial charge in [-0.2, -0.15) is 4.31 Å². The summed E-state index contributed by atoms with van der Waals surface area (Å²) < 4.78 is 43.0. The molecule has 0 saturated heterocycles. The second kappa shape index (κ2) is 9.63. The lowest BCUT2D eigenvalue weighted by molar-refractivity contribution is 0.0950. The standard InChI is InChI=1S/C23H25N3O6S/c1-3-26(4-2)33(28,29)19-8-5-16(6-9-19)23(27)24-15-18-14-21(32-25-18)17-7-10-20-22(13-17)31-12-11-30-20/h5-10,13-14H,3-4,11-12,15H2,1-2H3,(H,24,27). The maximum Gasteiger partial charge on any atom is 0.251 e. The summed E-state index contributed by atoms with van der Waals surface area (Å²) in [4.78, 5) is 12.7. The Bertz CT molecular complexity index is 1230. The second-order valence-electron chi connectivity index (χ2n) is 7.34. The van der Waals surface area contributed by atoms with Gasteiger partial charge in [-0.1, -0.05) is 19.0 Å². The number of aromatic nitrogens is 1. The number of benzene rings is 2. The molecule has 2 heterocycles. The molecular weight excluding hydrogens is 446 g/mol. The number of hydrogen-bond acceptors (Lipinski definition) is 7. The van der Waals surface area contributed by atoms with Crippen molar-refractivity contribution in [2.24, 2.45) is 0 Å². The topological polar surface area (TPSA) is 111 Å². The van der Waals surface area contributed by atoms with Crippen LogP contribution in [0.5, 0.6) is 11.5 Å². The Labute approximate surface area is 192 Å². The highest BCUT2D eigenvalue weighted by Gasteiger charge is 2.22. The fourth-order valence-electron chi connectivity index (χ4n) is 3.49. The van der Waals surface area contributed by atoms with Crippen LogP contribution in [0.3, 0.4) is 0 Å². The number of carbonyl (C=O) groups is 1. The van der Waals surface area contributed by atoms with Crippen LogP contribution in [0.1, 0.15) is 29.9 Å². The zero-order valence-electron chi connectivity index (χ0n) is 18.4. The molecule has 9 nitrogen and oxygen atoms in total. The molecule has 1 aliphatic heterocycles. The van der Waals surface area contributed by atoms with Crippen molar-refractivity contribution >= 4 is 15.9 Å². The molecule has 1 aliphatic rings. The van der Waals surface area contributed by atoms with E-state index in [0.717, 1.165) is 5.56 Å². The van der Waals surface area contributed by atoms with Crippen LogP contribution in [0.25, 0.3) is 11.3 Å². The van der Waals surface area contributed by atoms with Crippen LogP contribution in [0.2, 0.25) is 0 Å². The molecule has 0 spiro atoms. The van der Waals surface area contributed by atoms with Gasteiger partial charge in [-0.15, -0.1) is 0 Å². The van der Waals surface area contributed by atoms with E-state index in [4.69, 9.17) is 14.0 Å². The van der Waals surface area contributed by atoms with Gasteiger partial charge in [0, 0.05) is 30.3 Å². The van der Waals surface area contributed by atoms with Crippen molar-refractivity contribution in [3.63, 3.8) is 0 Å². The third-order valence-electron chi connectivity index (χ3n) is 5.28. The Morgan fingerprint density at radius 2 is 1.70 bits per heavy atom. The lowest BCUT2D eigenvalue weighted by atomic mass is 10.1. The lowest BCUT2D eigenvalue weighted by Gasteiger charge is -2.18. The summed E-state index contributed by atoms with van der Waals surface area (Å²) in [7, 11) is -3.57. The Kier molecular flexibility index (Phi) is 6.66. The number of ether oxygens (including phenoxy) is 2. The minimum atomic E-state index is -3.57. The van der Waals surface area contributed by atoms with E-state index >= 15 is 0 Å². The number of rotatable bonds is 8. The van der Waals surface area contributed by atoms with Crippen LogP contribution in [0, 0.1) is 0 Å². The highest BCUT2D eigenvalue weighted by molar-refractivity contribution is 7.89. The Balaban J connectivity index is 1.39. The van der Waals surface area contributed by atoms with Crippen LogP contribution in [-0.2, 0) is 16.6 Å². The van der Waals surface area contributed by atoms with Crippen molar-refractivity contribution in [2.45, 2.75) is 25.3 Å². The summed E-state index contributed by atoms with van der Waals surface area (Å²) in [6.07, 6.45) is 0. The van der Waals surface area contributed by atoms with E-state index in [-0.39, 0.29) is 17.3 Å². The molecule has 1 aromatic heterocycles. The average molecular weight is 472 g/mol. The molecule has 1 amide bonds. The van der Waals surface area contributed by atoms with Gasteiger partial charge in [0.05, 0.1) is 11.4 Å². The molecule has 33 heavy (non-hydrogen) atoms. The van der Waals surface area contributed by atoms with E-state index < -0.39 is 10.0 Å². The fraction of sp³-hybridized carbons (Fsp3) is 0.304. The third kappa shape index (κ3) is 4.86. The third-order valence-corrected chi connectivity index (χ3v) is 7.34. The first-order chi connectivity index (χ1) is 15.9. The quantitative estimate of drug-likeness (QED) is 0.537. The van der Waals surface area contributed by atoms with E-state index in [1.165, 1.54) is 28.6 Å². The fourth-order valence-corrected chi connectivity index (χ4v) is 4.95. The molecule has 0 saturated carbocycles. The van der Waals surface area contributed by atoms with Crippen LogP contribution >= 0.6 is 0 Å². The first kappa shape index (κ1) is 22.8. The first-order valence-electron chi connectivity index (χ1n) is 10.7. The summed E-state index contributed by atoms with van der Waals surface area (Å²) in [5.74, 6) is 1.54. The maximum atomic E-state index is 12.6. The molecule has 0 unspecified atom stereocenters. The van der Waals surface area contributed by atoms with Crippen LogP contribution in [-0.4, -0.2) is 50.1 Å². The molecular formula is C23H25N3O6S. The molecule has 0 aliphatic carbocycles. The predicted molar refractivity (Wildman–Crippen MR) is 121 cm³/mol. The maximum absolute atomic E-state index is 12.6. The molecule has 1 N–H and O–H groups in total. The van der Waals surface area contributed by atoms with Crippen molar-refractivity contribution in [1.82, 2.24) is 14.8 Å².